The van der Waals surface area contributed by atoms with Crippen LogP contribution in [0.1, 0.15) is 61.2 Å². The summed E-state index contributed by atoms with van der Waals surface area (Å²) in [5.41, 5.74) is 17.8. The summed E-state index contributed by atoms with van der Waals surface area (Å²) in [4.78, 5) is 10.5. The number of hydrogen-bond acceptors (Lipinski definition) is 1. The van der Waals surface area contributed by atoms with Gasteiger partial charge in [0.2, 0.25) is 0 Å². The molecule has 0 aliphatic rings. The average Bonchev–Trinajstić information content (AvgIpc) is 3.36. The molecule has 0 amide bonds. The molecule has 62 heavy (non-hydrogen) atoms. The quantitative estimate of drug-likeness (QED) is 0.0747. The van der Waals surface area contributed by atoms with E-state index in [2.05, 4.69) is 237 Å². The smallest absolute Gasteiger partial charge is 0.157 e. The van der Waals surface area contributed by atoms with Gasteiger partial charge in [-0.1, -0.05) is 249 Å². The van der Waals surface area contributed by atoms with Crippen LogP contribution in [0, 0.1) is 0 Å². The maximum atomic E-state index is 7.20. The van der Waals surface area contributed by atoms with Crippen molar-refractivity contribution < 1.29 is 0 Å². The fraction of sp³-hybridized carbons (Fsp3) is 0.0508. The van der Waals surface area contributed by atoms with E-state index in [1.165, 1.54) is 0 Å². The van der Waals surface area contributed by atoms with Gasteiger partial charge in [0.15, 0.2) is 5.84 Å². The minimum Gasteiger partial charge on any atom is -0.383 e. The molecule has 298 valence electrons. The molecular formula is C59H47N3. The highest BCUT2D eigenvalue weighted by Crippen LogP contribution is 2.46. The topological polar surface area (TPSA) is 50.7 Å². The molecule has 0 aliphatic heterocycles. The summed E-state index contributed by atoms with van der Waals surface area (Å²) in [6.45, 7) is 0.442. The molecule has 0 aromatic heterocycles. The van der Waals surface area contributed by atoms with Gasteiger partial charge in [0.05, 0.1) is 17.4 Å². The van der Waals surface area contributed by atoms with Crippen LogP contribution in [0.25, 0.3) is 0 Å². The molecule has 0 spiro atoms. The number of aliphatic imine (C=N–C) groups is 2. The van der Waals surface area contributed by atoms with Crippen molar-refractivity contribution in [3.63, 3.8) is 0 Å². The van der Waals surface area contributed by atoms with E-state index < -0.39 is 10.8 Å². The summed E-state index contributed by atoms with van der Waals surface area (Å²) in [7, 11) is 0. The number of nitrogens with two attached hydrogens (primary N) is 1. The Balaban J connectivity index is 1.22. The van der Waals surface area contributed by atoms with Crippen molar-refractivity contribution in [2.24, 2.45) is 15.7 Å². The lowest BCUT2D eigenvalue weighted by atomic mass is 9.65. The molecule has 0 saturated carbocycles. The third-order valence-corrected chi connectivity index (χ3v) is 11.9. The Kier molecular flexibility index (Phi) is 11.6. The van der Waals surface area contributed by atoms with Crippen molar-refractivity contribution in [3.05, 3.63) is 322 Å². The van der Waals surface area contributed by atoms with E-state index in [0.717, 1.165) is 61.2 Å². The number of nitrogens with zero attached hydrogens (tertiary/aromatic N) is 2. The second-order valence-electron chi connectivity index (χ2n) is 15.5. The van der Waals surface area contributed by atoms with Gasteiger partial charge in [-0.05, 0) is 62.2 Å². The van der Waals surface area contributed by atoms with Gasteiger partial charge < -0.3 is 5.73 Å². The molecule has 0 fully saturated rings. The molecule has 0 saturated heterocycles. The number of amidine groups is 2. The minimum absolute atomic E-state index is 0.382. The van der Waals surface area contributed by atoms with Crippen molar-refractivity contribution in [1.82, 2.24) is 0 Å². The van der Waals surface area contributed by atoms with Gasteiger partial charge in [0, 0.05) is 11.1 Å². The normalized spacial score (nSPS) is 12.2. The zero-order valence-corrected chi connectivity index (χ0v) is 34.5. The van der Waals surface area contributed by atoms with Crippen molar-refractivity contribution in [2.75, 3.05) is 0 Å². The molecule has 3 nitrogen and oxygen atoms in total. The first-order valence-electron chi connectivity index (χ1n) is 21.1. The Morgan fingerprint density at radius 1 is 0.323 bits per heavy atom. The Hall–Kier alpha value is -7.88. The first kappa shape index (κ1) is 39.6. The average molecular weight is 798 g/mol. The van der Waals surface area contributed by atoms with Gasteiger partial charge in [0.25, 0.3) is 0 Å². The van der Waals surface area contributed by atoms with Crippen molar-refractivity contribution in [3.8, 4) is 0 Å². The van der Waals surface area contributed by atoms with Crippen molar-refractivity contribution in [1.29, 1.82) is 0 Å². The Morgan fingerprint density at radius 2 is 0.613 bits per heavy atom. The molecule has 3 heteroatoms. The Labute approximate surface area is 365 Å². The summed E-state index contributed by atoms with van der Waals surface area (Å²) < 4.78 is 0. The van der Waals surface area contributed by atoms with Crippen LogP contribution in [0.5, 0.6) is 0 Å². The first-order valence-corrected chi connectivity index (χ1v) is 21.1. The lowest BCUT2D eigenvalue weighted by Crippen LogP contribution is -2.31. The third-order valence-electron chi connectivity index (χ3n) is 11.9. The second kappa shape index (κ2) is 18.2. The van der Waals surface area contributed by atoms with E-state index in [1.807, 2.05) is 24.3 Å². The zero-order chi connectivity index (χ0) is 42.0. The molecule has 9 rings (SSSR count). The SMILES string of the molecule is NC(=NC(=NCc1ccccc1)c1cccc(C(c2ccccc2)(c2ccccc2)c2ccccc2)c1)c1cccc(C(c2ccccc2)(c2ccccc2)c2ccccc2)c1. The van der Waals surface area contributed by atoms with E-state index in [1.54, 1.807) is 0 Å². The van der Waals surface area contributed by atoms with Crippen LogP contribution in [-0.2, 0) is 17.4 Å². The van der Waals surface area contributed by atoms with Gasteiger partial charge in [-0.3, -0.25) is 4.99 Å². The fourth-order valence-electron chi connectivity index (χ4n) is 9.05. The van der Waals surface area contributed by atoms with Gasteiger partial charge >= 0.3 is 0 Å². The van der Waals surface area contributed by atoms with Gasteiger partial charge in [-0.15, -0.1) is 0 Å². The van der Waals surface area contributed by atoms with E-state index in [-0.39, 0.29) is 0 Å². The monoisotopic (exact) mass is 797 g/mol. The van der Waals surface area contributed by atoms with E-state index in [9.17, 15) is 0 Å². The van der Waals surface area contributed by atoms with Crippen LogP contribution >= 0.6 is 0 Å². The molecule has 0 aliphatic carbocycles. The molecular weight excluding hydrogens is 751 g/mol. The number of hydrogen-bond donors (Lipinski definition) is 1. The largest absolute Gasteiger partial charge is 0.383 e. The Morgan fingerprint density at radius 3 is 0.968 bits per heavy atom. The summed E-state index contributed by atoms with van der Waals surface area (Å²) in [6, 6.07) is 91.9. The molecule has 0 unspecified atom stereocenters. The highest BCUT2D eigenvalue weighted by molar-refractivity contribution is 6.11. The fourth-order valence-corrected chi connectivity index (χ4v) is 9.05. The predicted molar refractivity (Wildman–Crippen MR) is 257 cm³/mol. The van der Waals surface area contributed by atoms with Crippen LogP contribution in [0.15, 0.2) is 271 Å². The van der Waals surface area contributed by atoms with E-state index in [0.29, 0.717) is 18.2 Å². The molecule has 2 N–H and O–H groups in total. The standard InChI is InChI=1S/C59H47N3/c60-56(46-26-22-40-54(42-46)58(48-28-10-2-11-29-48,49-30-12-3-13-31-49)50-32-14-4-15-33-50)62-57(61-44-45-24-8-1-9-25-45)47-27-23-41-55(43-47)59(51-34-16-5-17-35-51,52-36-18-6-19-37-52)53-38-20-7-21-39-53/h1-43H,44H2,(H2,60,61,62). The van der Waals surface area contributed by atoms with E-state index in [4.69, 9.17) is 15.7 Å². The molecule has 9 aromatic rings. The van der Waals surface area contributed by atoms with Crippen LogP contribution in [0.4, 0.5) is 0 Å². The number of benzene rings is 9. The minimum atomic E-state index is -0.635. The van der Waals surface area contributed by atoms with Gasteiger partial charge in [-0.2, -0.15) is 0 Å². The van der Waals surface area contributed by atoms with Crippen molar-refractivity contribution >= 4 is 11.7 Å². The summed E-state index contributed by atoms with van der Waals surface area (Å²) in [5, 5.41) is 0. The van der Waals surface area contributed by atoms with Gasteiger partial charge in [0.1, 0.15) is 5.84 Å². The van der Waals surface area contributed by atoms with Gasteiger partial charge in [-0.25, -0.2) is 4.99 Å². The maximum absolute atomic E-state index is 7.20. The lowest BCUT2D eigenvalue weighted by Gasteiger charge is -2.37. The van der Waals surface area contributed by atoms with Crippen LogP contribution in [0.3, 0.4) is 0 Å². The molecule has 0 radical (unpaired) electrons. The summed E-state index contributed by atoms with van der Waals surface area (Å²) >= 11 is 0. The maximum Gasteiger partial charge on any atom is 0.157 e. The lowest BCUT2D eigenvalue weighted by molar-refractivity contribution is 0.745. The molecule has 0 heterocycles. The van der Waals surface area contributed by atoms with Crippen LogP contribution in [0.2, 0.25) is 0 Å². The van der Waals surface area contributed by atoms with Crippen molar-refractivity contribution in [2.45, 2.75) is 17.4 Å². The second-order valence-corrected chi connectivity index (χ2v) is 15.5. The van der Waals surface area contributed by atoms with Crippen LogP contribution in [-0.4, -0.2) is 11.7 Å². The third kappa shape index (κ3) is 7.69. The Bertz CT molecular complexity index is 2700. The molecule has 0 atom stereocenters. The predicted octanol–water partition coefficient (Wildman–Crippen LogP) is 12.8. The van der Waals surface area contributed by atoms with E-state index >= 15 is 0 Å². The van der Waals surface area contributed by atoms with Crippen LogP contribution < -0.4 is 5.73 Å². The summed E-state index contributed by atoms with van der Waals surface area (Å²) in [5.74, 6) is 0.940. The highest BCUT2D eigenvalue weighted by atomic mass is 15.0. The highest BCUT2D eigenvalue weighted by Gasteiger charge is 2.40. The first-order chi connectivity index (χ1) is 30.7. The zero-order valence-electron chi connectivity index (χ0n) is 34.5. The number of rotatable bonds is 12. The molecule has 9 aromatic carbocycles. The summed E-state index contributed by atoms with van der Waals surface area (Å²) in [6.07, 6.45) is 0. The molecule has 0 bridgehead atoms.